The average Bonchev–Trinajstić information content (AvgIpc) is 2.30. The highest BCUT2D eigenvalue weighted by molar-refractivity contribution is 6.38. The van der Waals surface area contributed by atoms with Crippen LogP contribution in [0.3, 0.4) is 0 Å². The Morgan fingerprint density at radius 2 is 2.06 bits per heavy atom. The van der Waals surface area contributed by atoms with Gasteiger partial charge in [-0.3, -0.25) is 4.79 Å². The molecule has 0 bridgehead atoms. The van der Waals surface area contributed by atoms with Crippen molar-refractivity contribution in [1.82, 2.24) is 0 Å². The van der Waals surface area contributed by atoms with E-state index in [4.69, 9.17) is 28.3 Å². The summed E-state index contributed by atoms with van der Waals surface area (Å²) < 4.78 is 0. The van der Waals surface area contributed by atoms with Crippen LogP contribution in [0.1, 0.15) is 12.8 Å². The summed E-state index contributed by atoms with van der Waals surface area (Å²) in [6.45, 7) is 0. The van der Waals surface area contributed by atoms with Crippen molar-refractivity contribution in [1.29, 1.82) is 0 Å². The Kier molecular flexibility index (Phi) is 3.54. The van der Waals surface area contributed by atoms with Crippen LogP contribution in [0.15, 0.2) is 23.3 Å². The first kappa shape index (κ1) is 12.9. The Morgan fingerprint density at radius 1 is 1.33 bits per heavy atom. The number of benzene rings is 1. The summed E-state index contributed by atoms with van der Waals surface area (Å²) in [6, 6.07) is 4.55. The van der Waals surface area contributed by atoms with Gasteiger partial charge in [0.2, 0.25) is 5.91 Å². The summed E-state index contributed by atoms with van der Waals surface area (Å²) in [5.41, 5.74) is 0.255. The van der Waals surface area contributed by atoms with E-state index in [9.17, 15) is 9.59 Å². The van der Waals surface area contributed by atoms with Crippen molar-refractivity contribution in [2.75, 3.05) is 5.01 Å². The van der Waals surface area contributed by atoms with Crippen LogP contribution in [0, 0.1) is 0 Å². The molecule has 0 spiro atoms. The molecule has 5 nitrogen and oxygen atoms in total. The van der Waals surface area contributed by atoms with Crippen LogP contribution in [0.5, 0.6) is 0 Å². The first-order valence-corrected chi connectivity index (χ1v) is 5.83. The maximum atomic E-state index is 11.7. The van der Waals surface area contributed by atoms with E-state index in [0.29, 0.717) is 10.7 Å². The molecule has 1 N–H and O–H groups in total. The van der Waals surface area contributed by atoms with Gasteiger partial charge >= 0.3 is 5.97 Å². The van der Waals surface area contributed by atoms with Gasteiger partial charge in [0.05, 0.1) is 10.7 Å². The Bertz CT molecular complexity index is 557. The predicted octanol–water partition coefficient (Wildman–Crippen LogP) is 2.56. The molecule has 0 atom stereocenters. The standard InChI is InChI=1S/C11H8Cl2N2O3/c12-6-1-3-9(7(13)5-6)15-10(16)4-2-8(14-15)11(17)18/h1,3,5H,2,4H2,(H,17,18). The van der Waals surface area contributed by atoms with Crippen LogP contribution >= 0.6 is 23.2 Å². The van der Waals surface area contributed by atoms with Gasteiger partial charge in [-0.15, -0.1) is 0 Å². The quantitative estimate of drug-likeness (QED) is 0.908. The molecule has 1 heterocycles. The van der Waals surface area contributed by atoms with Gasteiger partial charge in [-0.1, -0.05) is 23.2 Å². The lowest BCUT2D eigenvalue weighted by Crippen LogP contribution is -2.34. The first-order chi connectivity index (χ1) is 8.49. The van der Waals surface area contributed by atoms with E-state index in [2.05, 4.69) is 5.10 Å². The van der Waals surface area contributed by atoms with Gasteiger partial charge in [0, 0.05) is 17.9 Å². The number of carboxylic acid groups (broad SMARTS) is 1. The Morgan fingerprint density at radius 3 is 2.67 bits per heavy atom. The zero-order valence-electron chi connectivity index (χ0n) is 9.06. The van der Waals surface area contributed by atoms with Gasteiger partial charge in [0.1, 0.15) is 5.71 Å². The zero-order valence-corrected chi connectivity index (χ0v) is 10.6. The fourth-order valence-electron chi connectivity index (χ4n) is 1.55. The average molecular weight is 287 g/mol. The second-order valence-corrected chi connectivity index (χ2v) is 4.50. The summed E-state index contributed by atoms with van der Waals surface area (Å²) >= 11 is 11.7. The highest BCUT2D eigenvalue weighted by Crippen LogP contribution is 2.30. The van der Waals surface area contributed by atoms with Crippen molar-refractivity contribution in [3.8, 4) is 0 Å². The minimum atomic E-state index is -1.14. The third kappa shape index (κ3) is 2.47. The molecule has 2 rings (SSSR count). The van der Waals surface area contributed by atoms with Gasteiger partial charge in [-0.2, -0.15) is 10.1 Å². The van der Waals surface area contributed by atoms with Crippen molar-refractivity contribution >= 4 is 46.5 Å². The van der Waals surface area contributed by atoms with Crippen molar-refractivity contribution in [3.63, 3.8) is 0 Å². The number of amides is 1. The Labute approximate surface area is 113 Å². The van der Waals surface area contributed by atoms with Gasteiger partial charge in [-0.25, -0.2) is 4.79 Å². The van der Waals surface area contributed by atoms with E-state index >= 15 is 0 Å². The number of nitrogens with zero attached hydrogens (tertiary/aromatic N) is 2. The van der Waals surface area contributed by atoms with Crippen molar-refractivity contribution in [2.45, 2.75) is 12.8 Å². The molecule has 1 aliphatic rings. The number of carbonyl (C=O) groups is 2. The lowest BCUT2D eigenvalue weighted by molar-refractivity contribution is -0.129. The number of hydrogen-bond acceptors (Lipinski definition) is 3. The number of hydrazone groups is 1. The van der Waals surface area contributed by atoms with Gasteiger partial charge < -0.3 is 5.11 Å². The number of anilines is 1. The Hall–Kier alpha value is -1.59. The van der Waals surface area contributed by atoms with Gasteiger partial charge in [-0.05, 0) is 18.2 Å². The van der Waals surface area contributed by atoms with E-state index in [1.165, 1.54) is 12.1 Å². The molecular formula is C11H8Cl2N2O3. The maximum Gasteiger partial charge on any atom is 0.352 e. The third-order valence-electron chi connectivity index (χ3n) is 2.42. The van der Waals surface area contributed by atoms with E-state index in [-0.39, 0.29) is 29.5 Å². The molecule has 18 heavy (non-hydrogen) atoms. The second kappa shape index (κ2) is 4.96. The Balaban J connectivity index is 2.44. The molecule has 0 aliphatic carbocycles. The highest BCUT2D eigenvalue weighted by Gasteiger charge is 2.26. The minimum Gasteiger partial charge on any atom is -0.477 e. The molecule has 1 aliphatic heterocycles. The van der Waals surface area contributed by atoms with Crippen LogP contribution in [0.4, 0.5) is 5.69 Å². The van der Waals surface area contributed by atoms with E-state index in [1.807, 2.05) is 0 Å². The molecule has 0 saturated carbocycles. The normalized spacial score (nSPS) is 15.6. The van der Waals surface area contributed by atoms with Crippen LogP contribution in [-0.2, 0) is 9.59 Å². The van der Waals surface area contributed by atoms with Crippen LogP contribution < -0.4 is 5.01 Å². The van der Waals surface area contributed by atoms with Gasteiger partial charge in [0.15, 0.2) is 0 Å². The minimum absolute atomic E-state index is 0.0689. The maximum absolute atomic E-state index is 11.7. The molecular weight excluding hydrogens is 279 g/mol. The van der Waals surface area contributed by atoms with Crippen LogP contribution in [0.2, 0.25) is 10.0 Å². The molecule has 94 valence electrons. The molecule has 1 amide bonds. The van der Waals surface area contributed by atoms with Crippen molar-refractivity contribution in [2.24, 2.45) is 5.10 Å². The van der Waals surface area contributed by atoms with Crippen LogP contribution in [0.25, 0.3) is 0 Å². The highest BCUT2D eigenvalue weighted by atomic mass is 35.5. The summed E-state index contributed by atoms with van der Waals surface area (Å²) in [6.07, 6.45) is 0.208. The largest absolute Gasteiger partial charge is 0.477 e. The fourth-order valence-corrected chi connectivity index (χ4v) is 2.04. The number of hydrogen-bond donors (Lipinski definition) is 1. The molecule has 0 fully saturated rings. The topological polar surface area (TPSA) is 70.0 Å². The monoisotopic (exact) mass is 286 g/mol. The summed E-state index contributed by atoms with van der Waals surface area (Å²) in [4.78, 5) is 22.6. The molecule has 0 saturated heterocycles. The SMILES string of the molecule is O=C(O)C1=NN(c2ccc(Cl)cc2Cl)C(=O)CC1. The molecule has 0 unspecified atom stereocenters. The predicted molar refractivity (Wildman–Crippen MR) is 68.3 cm³/mol. The van der Waals surface area contributed by atoms with E-state index < -0.39 is 5.97 Å². The number of carboxylic acids is 1. The number of aliphatic carboxylic acids is 1. The van der Waals surface area contributed by atoms with Crippen molar-refractivity contribution in [3.05, 3.63) is 28.2 Å². The molecule has 1 aromatic rings. The lowest BCUT2D eigenvalue weighted by Gasteiger charge is -2.22. The number of carbonyl (C=O) groups excluding carboxylic acids is 1. The van der Waals surface area contributed by atoms with Gasteiger partial charge in [0.25, 0.3) is 0 Å². The lowest BCUT2D eigenvalue weighted by atomic mass is 10.1. The third-order valence-corrected chi connectivity index (χ3v) is 2.96. The molecule has 1 aromatic carbocycles. The second-order valence-electron chi connectivity index (χ2n) is 3.65. The fraction of sp³-hybridized carbons (Fsp3) is 0.182. The molecule has 0 aromatic heterocycles. The van der Waals surface area contributed by atoms with E-state index in [1.54, 1.807) is 6.07 Å². The molecule has 0 radical (unpaired) electrons. The summed E-state index contributed by atoms with van der Waals surface area (Å²) in [5, 5.41) is 14.4. The number of halogens is 2. The smallest absolute Gasteiger partial charge is 0.352 e. The van der Waals surface area contributed by atoms with Crippen LogP contribution in [-0.4, -0.2) is 22.7 Å². The number of rotatable bonds is 2. The summed E-state index contributed by atoms with van der Waals surface area (Å²) in [7, 11) is 0. The van der Waals surface area contributed by atoms with Crippen molar-refractivity contribution < 1.29 is 14.7 Å². The summed E-state index contributed by atoms with van der Waals surface area (Å²) in [5.74, 6) is -1.44. The zero-order chi connectivity index (χ0) is 13.3. The van der Waals surface area contributed by atoms with E-state index in [0.717, 1.165) is 5.01 Å². The molecule has 7 heteroatoms. The first-order valence-electron chi connectivity index (χ1n) is 5.08.